The van der Waals surface area contributed by atoms with Gasteiger partial charge in [0.2, 0.25) is 0 Å². The molecule has 0 fully saturated rings. The highest BCUT2D eigenvalue weighted by Crippen LogP contribution is 2.42. The summed E-state index contributed by atoms with van der Waals surface area (Å²) in [5.41, 5.74) is 7.65. The van der Waals surface area contributed by atoms with E-state index in [9.17, 15) is 0 Å². The van der Waals surface area contributed by atoms with Gasteiger partial charge in [0, 0.05) is 59.6 Å². The first-order valence-electron chi connectivity index (χ1n) is 15.4. The number of aromatic nitrogens is 5. The normalized spacial score (nSPS) is 11.4. The van der Waals surface area contributed by atoms with Crippen molar-refractivity contribution in [3.8, 4) is 56.7 Å². The van der Waals surface area contributed by atoms with Crippen molar-refractivity contribution < 1.29 is 0 Å². The molecule has 0 spiro atoms. The van der Waals surface area contributed by atoms with E-state index < -0.39 is 0 Å². The smallest absolute Gasteiger partial charge is 0.164 e. The summed E-state index contributed by atoms with van der Waals surface area (Å²) in [5, 5.41) is 3.47. The average Bonchev–Trinajstić information content (AvgIpc) is 3.53. The SMILES string of the molecule is c1ccc(-c2nc(-c3ccccc3)nc(-c3ccc(-c4cc5sc6ccccc6c5c(-c5cccc6cccnc56)n4)cc3)n2)cc1. The zero-order valence-electron chi connectivity index (χ0n) is 25.1. The molecule has 0 aliphatic heterocycles. The van der Waals surface area contributed by atoms with Crippen LogP contribution >= 0.6 is 11.3 Å². The van der Waals surface area contributed by atoms with E-state index in [4.69, 9.17) is 24.9 Å². The van der Waals surface area contributed by atoms with Crippen LogP contribution in [0.2, 0.25) is 0 Å². The molecular weight excluding hydrogens is 595 g/mol. The van der Waals surface area contributed by atoms with Crippen LogP contribution < -0.4 is 0 Å². The lowest BCUT2D eigenvalue weighted by atomic mass is 10.00. The lowest BCUT2D eigenvalue weighted by molar-refractivity contribution is 1.07. The highest BCUT2D eigenvalue weighted by molar-refractivity contribution is 7.26. The fourth-order valence-corrected chi connectivity index (χ4v) is 7.25. The molecule has 0 atom stereocenters. The minimum absolute atomic E-state index is 0.625. The van der Waals surface area contributed by atoms with Crippen molar-refractivity contribution in [3.63, 3.8) is 0 Å². The third-order valence-corrected chi connectivity index (χ3v) is 9.50. The Hall–Kier alpha value is -6.11. The zero-order valence-corrected chi connectivity index (χ0v) is 25.9. The summed E-state index contributed by atoms with van der Waals surface area (Å²) < 4.78 is 2.44. The van der Waals surface area contributed by atoms with E-state index in [1.165, 1.54) is 14.8 Å². The molecule has 0 bridgehead atoms. The van der Waals surface area contributed by atoms with Crippen molar-refractivity contribution in [2.24, 2.45) is 0 Å². The third kappa shape index (κ3) is 4.92. The Labute approximate surface area is 275 Å². The predicted octanol–water partition coefficient (Wildman–Crippen LogP) is 10.5. The summed E-state index contributed by atoms with van der Waals surface area (Å²) in [6.07, 6.45) is 1.85. The Morgan fingerprint density at radius 1 is 0.447 bits per heavy atom. The van der Waals surface area contributed by atoms with Gasteiger partial charge in [0.25, 0.3) is 0 Å². The molecule has 4 aromatic heterocycles. The van der Waals surface area contributed by atoms with Crippen LogP contribution in [0.1, 0.15) is 0 Å². The van der Waals surface area contributed by atoms with Gasteiger partial charge in [0.15, 0.2) is 17.5 Å². The van der Waals surface area contributed by atoms with Crippen LogP contribution in [0.15, 0.2) is 152 Å². The molecule has 5 aromatic carbocycles. The van der Waals surface area contributed by atoms with Gasteiger partial charge in [-0.15, -0.1) is 11.3 Å². The Balaban J connectivity index is 1.19. The summed E-state index contributed by atoms with van der Waals surface area (Å²) >= 11 is 1.80. The first kappa shape index (κ1) is 27.2. The van der Waals surface area contributed by atoms with Crippen LogP contribution in [0, 0.1) is 0 Å². The van der Waals surface area contributed by atoms with Crippen molar-refractivity contribution in [1.82, 2.24) is 24.9 Å². The second-order valence-electron chi connectivity index (χ2n) is 11.3. The topological polar surface area (TPSA) is 64.5 Å². The first-order chi connectivity index (χ1) is 23.3. The van der Waals surface area contributed by atoms with Gasteiger partial charge in [-0.1, -0.05) is 127 Å². The maximum Gasteiger partial charge on any atom is 0.164 e. The molecule has 0 amide bonds. The van der Waals surface area contributed by atoms with Gasteiger partial charge >= 0.3 is 0 Å². The minimum Gasteiger partial charge on any atom is -0.256 e. The van der Waals surface area contributed by atoms with E-state index in [2.05, 4.69) is 78.9 Å². The number of pyridine rings is 2. The molecule has 47 heavy (non-hydrogen) atoms. The first-order valence-corrected chi connectivity index (χ1v) is 16.2. The van der Waals surface area contributed by atoms with E-state index in [0.29, 0.717) is 17.5 Å². The number of rotatable bonds is 5. The minimum atomic E-state index is 0.625. The predicted molar refractivity (Wildman–Crippen MR) is 193 cm³/mol. The summed E-state index contributed by atoms with van der Waals surface area (Å²) in [4.78, 5) is 24.8. The van der Waals surface area contributed by atoms with Gasteiger partial charge in [-0.2, -0.15) is 0 Å². The molecule has 4 heterocycles. The summed E-state index contributed by atoms with van der Waals surface area (Å²) in [6, 6.07) is 49.6. The van der Waals surface area contributed by atoms with E-state index in [-0.39, 0.29) is 0 Å². The molecule has 9 aromatic rings. The zero-order chi connectivity index (χ0) is 31.2. The standard InChI is InChI=1S/C41H25N5S/c1-3-11-28(12-4-1)39-44-40(29-13-5-2-6-14-29)46-41(45-39)30-22-20-26(21-23-30)33-25-35-36(31-17-7-8-19-34(31)47-35)38(43-33)32-18-9-15-27-16-10-24-42-37(27)32/h1-25H. The summed E-state index contributed by atoms with van der Waals surface area (Å²) in [6.45, 7) is 0. The van der Waals surface area contributed by atoms with Crippen LogP contribution in [0.5, 0.6) is 0 Å². The highest BCUT2D eigenvalue weighted by Gasteiger charge is 2.18. The number of thiophene rings is 1. The van der Waals surface area contributed by atoms with Crippen LogP contribution in [0.25, 0.3) is 87.8 Å². The second-order valence-corrected chi connectivity index (χ2v) is 12.4. The van der Waals surface area contributed by atoms with Crippen molar-refractivity contribution in [2.45, 2.75) is 0 Å². The maximum atomic E-state index is 5.35. The fourth-order valence-electron chi connectivity index (χ4n) is 6.11. The Kier molecular flexibility index (Phi) is 6.58. The molecule has 0 radical (unpaired) electrons. The van der Waals surface area contributed by atoms with Gasteiger partial charge in [-0.05, 0) is 18.2 Å². The average molecular weight is 620 g/mol. The van der Waals surface area contributed by atoms with E-state index in [1.807, 2.05) is 72.9 Å². The highest BCUT2D eigenvalue weighted by atomic mass is 32.1. The molecule has 0 unspecified atom stereocenters. The maximum absolute atomic E-state index is 5.35. The van der Waals surface area contributed by atoms with Crippen molar-refractivity contribution in [2.75, 3.05) is 0 Å². The number of hydrogen-bond donors (Lipinski definition) is 0. The molecule has 0 aliphatic rings. The molecule has 0 saturated carbocycles. The number of fused-ring (bicyclic) bond motifs is 4. The Morgan fingerprint density at radius 3 is 1.74 bits per heavy atom. The third-order valence-electron chi connectivity index (χ3n) is 8.39. The molecule has 9 rings (SSSR count). The molecular formula is C41H25N5S. The molecule has 0 saturated heterocycles. The second kappa shape index (κ2) is 11.4. The van der Waals surface area contributed by atoms with Crippen LogP contribution in [-0.2, 0) is 0 Å². The molecule has 6 heteroatoms. The van der Waals surface area contributed by atoms with Crippen LogP contribution in [0.4, 0.5) is 0 Å². The lowest BCUT2D eigenvalue weighted by Gasteiger charge is -2.11. The van der Waals surface area contributed by atoms with Gasteiger partial charge in [0.1, 0.15) is 0 Å². The van der Waals surface area contributed by atoms with Gasteiger partial charge in [-0.25, -0.2) is 19.9 Å². The number of benzene rings is 5. The van der Waals surface area contributed by atoms with Crippen molar-refractivity contribution in [3.05, 3.63) is 152 Å². The van der Waals surface area contributed by atoms with E-state index in [1.54, 1.807) is 11.3 Å². The van der Waals surface area contributed by atoms with Crippen LogP contribution in [0.3, 0.4) is 0 Å². The monoisotopic (exact) mass is 619 g/mol. The number of para-hydroxylation sites is 1. The van der Waals surface area contributed by atoms with Crippen molar-refractivity contribution >= 4 is 42.4 Å². The quantitative estimate of drug-likeness (QED) is 0.192. The molecule has 5 nitrogen and oxygen atoms in total. The largest absolute Gasteiger partial charge is 0.256 e. The number of nitrogens with zero attached hydrogens (tertiary/aromatic N) is 5. The Bertz CT molecular complexity index is 2500. The van der Waals surface area contributed by atoms with Gasteiger partial charge in [-0.3, -0.25) is 4.98 Å². The molecule has 0 aliphatic carbocycles. The number of hydrogen-bond acceptors (Lipinski definition) is 6. The van der Waals surface area contributed by atoms with Gasteiger partial charge < -0.3 is 0 Å². The molecule has 220 valence electrons. The van der Waals surface area contributed by atoms with E-state index in [0.717, 1.165) is 55.5 Å². The summed E-state index contributed by atoms with van der Waals surface area (Å²) in [5.74, 6) is 1.91. The van der Waals surface area contributed by atoms with Gasteiger partial charge in [0.05, 0.1) is 16.9 Å². The fraction of sp³-hybridized carbons (Fsp3) is 0. The van der Waals surface area contributed by atoms with Crippen molar-refractivity contribution in [1.29, 1.82) is 0 Å². The molecule has 0 N–H and O–H groups in total. The van der Waals surface area contributed by atoms with Crippen LogP contribution in [-0.4, -0.2) is 24.9 Å². The Morgan fingerprint density at radius 2 is 1.04 bits per heavy atom. The van der Waals surface area contributed by atoms with E-state index >= 15 is 0 Å². The summed E-state index contributed by atoms with van der Waals surface area (Å²) in [7, 11) is 0. The lowest BCUT2D eigenvalue weighted by Crippen LogP contribution is -2.00.